The molecule has 0 bridgehead atoms. The van der Waals surface area contributed by atoms with Crippen LogP contribution in [0.2, 0.25) is 0 Å². The van der Waals surface area contributed by atoms with Gasteiger partial charge in [0, 0.05) is 23.7 Å². The number of phenolic OH excluding ortho intramolecular Hbond substituents is 2. The molecule has 1 fully saturated rings. The number of fused-ring (bicyclic) bond motifs is 3. The first kappa shape index (κ1) is 16.3. The minimum absolute atomic E-state index is 0.0227. The van der Waals surface area contributed by atoms with E-state index in [9.17, 15) is 10.2 Å². The highest BCUT2D eigenvalue weighted by molar-refractivity contribution is 5.51. The second kappa shape index (κ2) is 6.60. The summed E-state index contributed by atoms with van der Waals surface area (Å²) in [6.45, 7) is 3.02. The fraction of sp³-hybridized carbons (Fsp3) is 0.429. The van der Waals surface area contributed by atoms with Gasteiger partial charge in [0.05, 0.1) is 6.61 Å². The molecule has 132 valence electrons. The summed E-state index contributed by atoms with van der Waals surface area (Å²) in [6.07, 6.45) is 3.38. The van der Waals surface area contributed by atoms with E-state index in [2.05, 4.69) is 0 Å². The van der Waals surface area contributed by atoms with E-state index in [-0.39, 0.29) is 17.6 Å². The fourth-order valence-electron chi connectivity index (χ4n) is 4.37. The Hall–Kier alpha value is -2.20. The molecule has 4 rings (SSSR count). The Balaban J connectivity index is 1.77. The summed E-state index contributed by atoms with van der Waals surface area (Å²) in [5.41, 5.74) is 3.12. The van der Waals surface area contributed by atoms with Crippen LogP contribution in [0.1, 0.15) is 54.9 Å². The summed E-state index contributed by atoms with van der Waals surface area (Å²) in [4.78, 5) is 0. The van der Waals surface area contributed by atoms with Crippen molar-refractivity contribution in [1.82, 2.24) is 0 Å². The minimum Gasteiger partial charge on any atom is -0.508 e. The molecule has 3 atom stereocenters. The number of hydrogen-bond donors (Lipinski definition) is 2. The van der Waals surface area contributed by atoms with Crippen molar-refractivity contribution in [2.75, 3.05) is 6.61 Å². The van der Waals surface area contributed by atoms with E-state index in [1.165, 1.54) is 6.42 Å². The molecule has 2 aliphatic rings. The molecule has 0 spiro atoms. The molecule has 1 aliphatic carbocycles. The minimum atomic E-state index is -0.0227. The second-order valence-electron chi connectivity index (χ2n) is 6.99. The summed E-state index contributed by atoms with van der Waals surface area (Å²) in [5.74, 6) is 2.22. The zero-order valence-corrected chi connectivity index (χ0v) is 14.4. The van der Waals surface area contributed by atoms with Gasteiger partial charge in [0.2, 0.25) is 0 Å². The molecule has 4 heteroatoms. The first-order valence-electron chi connectivity index (χ1n) is 9.06. The van der Waals surface area contributed by atoms with Crippen molar-refractivity contribution in [2.45, 2.75) is 44.8 Å². The first-order valence-corrected chi connectivity index (χ1v) is 9.06. The Morgan fingerprint density at radius 1 is 1.08 bits per heavy atom. The summed E-state index contributed by atoms with van der Waals surface area (Å²) in [6, 6.07) is 10.9. The van der Waals surface area contributed by atoms with Crippen molar-refractivity contribution in [3.8, 4) is 17.2 Å². The number of phenols is 2. The molecular formula is C21H24O4. The van der Waals surface area contributed by atoms with E-state index in [1.807, 2.05) is 25.1 Å². The molecule has 0 radical (unpaired) electrons. The number of aromatic hydroxyl groups is 2. The van der Waals surface area contributed by atoms with Gasteiger partial charge in [-0.25, -0.2) is 0 Å². The van der Waals surface area contributed by atoms with E-state index >= 15 is 0 Å². The molecular weight excluding hydrogens is 316 g/mol. The molecule has 0 saturated heterocycles. The number of benzene rings is 2. The molecule has 2 N–H and O–H groups in total. The molecule has 2 aromatic carbocycles. The van der Waals surface area contributed by atoms with Crippen molar-refractivity contribution in [3.63, 3.8) is 0 Å². The van der Waals surface area contributed by atoms with Crippen molar-refractivity contribution in [1.29, 1.82) is 0 Å². The van der Waals surface area contributed by atoms with Gasteiger partial charge in [0.15, 0.2) is 0 Å². The predicted molar refractivity (Wildman–Crippen MR) is 95.0 cm³/mol. The van der Waals surface area contributed by atoms with Crippen LogP contribution in [0.5, 0.6) is 17.2 Å². The predicted octanol–water partition coefficient (Wildman–Crippen LogP) is 4.65. The number of rotatable bonds is 4. The molecule has 2 unspecified atom stereocenters. The Labute approximate surface area is 148 Å². The third kappa shape index (κ3) is 2.95. The zero-order chi connectivity index (χ0) is 17.4. The summed E-state index contributed by atoms with van der Waals surface area (Å²) in [7, 11) is 0. The number of ether oxygens (including phenoxy) is 2. The maximum atomic E-state index is 10.2. The van der Waals surface area contributed by atoms with Gasteiger partial charge >= 0.3 is 0 Å². The molecule has 1 aliphatic heterocycles. The lowest BCUT2D eigenvalue weighted by atomic mass is 9.79. The van der Waals surface area contributed by atoms with Gasteiger partial charge in [-0.1, -0.05) is 18.6 Å². The van der Waals surface area contributed by atoms with Crippen LogP contribution in [0.3, 0.4) is 0 Å². The van der Waals surface area contributed by atoms with Crippen molar-refractivity contribution in [3.05, 3.63) is 53.1 Å². The van der Waals surface area contributed by atoms with E-state index in [0.29, 0.717) is 25.0 Å². The Morgan fingerprint density at radius 3 is 2.64 bits per heavy atom. The molecule has 1 saturated carbocycles. The highest BCUT2D eigenvalue weighted by Crippen LogP contribution is 2.55. The lowest BCUT2D eigenvalue weighted by Gasteiger charge is -2.37. The Kier molecular flexibility index (Phi) is 4.30. The summed E-state index contributed by atoms with van der Waals surface area (Å²) in [5, 5.41) is 19.7. The molecule has 0 aromatic heterocycles. The van der Waals surface area contributed by atoms with Crippen LogP contribution < -0.4 is 4.74 Å². The third-order valence-electron chi connectivity index (χ3n) is 5.47. The average molecular weight is 340 g/mol. The van der Waals surface area contributed by atoms with Crippen LogP contribution in [-0.2, 0) is 11.3 Å². The van der Waals surface area contributed by atoms with Crippen LogP contribution in [-0.4, -0.2) is 16.8 Å². The molecule has 2 aromatic rings. The first-order chi connectivity index (χ1) is 12.2. The standard InChI is InChI=1S/C21H24O4/c1-2-24-12-14-10-16(23)11-19-17-4-3-5-18(17)20(25-21(14)19)13-6-8-15(22)9-7-13/h6-11,17-18,20,22-23H,2-5,12H2,1H3/t17?,18?,20-/m1/s1. The van der Waals surface area contributed by atoms with Crippen LogP contribution in [0, 0.1) is 5.92 Å². The van der Waals surface area contributed by atoms with E-state index in [1.54, 1.807) is 18.2 Å². The van der Waals surface area contributed by atoms with Crippen molar-refractivity contribution < 1.29 is 19.7 Å². The molecule has 0 amide bonds. The topological polar surface area (TPSA) is 58.9 Å². The largest absolute Gasteiger partial charge is 0.508 e. The van der Waals surface area contributed by atoms with Gasteiger partial charge in [-0.2, -0.15) is 0 Å². The summed E-state index contributed by atoms with van der Waals surface area (Å²) >= 11 is 0. The highest BCUT2D eigenvalue weighted by atomic mass is 16.5. The van der Waals surface area contributed by atoms with E-state index in [0.717, 1.165) is 35.3 Å². The maximum absolute atomic E-state index is 10.2. The van der Waals surface area contributed by atoms with E-state index < -0.39 is 0 Å². The van der Waals surface area contributed by atoms with Gasteiger partial charge in [0.1, 0.15) is 23.4 Å². The van der Waals surface area contributed by atoms with Crippen LogP contribution in [0.25, 0.3) is 0 Å². The Morgan fingerprint density at radius 2 is 1.88 bits per heavy atom. The monoisotopic (exact) mass is 340 g/mol. The fourth-order valence-corrected chi connectivity index (χ4v) is 4.37. The molecule has 25 heavy (non-hydrogen) atoms. The third-order valence-corrected chi connectivity index (χ3v) is 5.47. The van der Waals surface area contributed by atoms with Crippen molar-refractivity contribution in [2.24, 2.45) is 5.92 Å². The quantitative estimate of drug-likeness (QED) is 0.850. The molecule has 4 nitrogen and oxygen atoms in total. The van der Waals surface area contributed by atoms with Gasteiger partial charge in [0.25, 0.3) is 0 Å². The van der Waals surface area contributed by atoms with Gasteiger partial charge in [-0.05, 0) is 55.5 Å². The normalized spacial score (nSPS) is 24.4. The average Bonchev–Trinajstić information content (AvgIpc) is 3.10. The van der Waals surface area contributed by atoms with Crippen molar-refractivity contribution >= 4 is 0 Å². The SMILES string of the molecule is CCOCc1cc(O)cc2c1O[C@H](c1ccc(O)cc1)C1CCCC21. The van der Waals surface area contributed by atoms with Crippen LogP contribution >= 0.6 is 0 Å². The van der Waals surface area contributed by atoms with Gasteiger partial charge in [-0.15, -0.1) is 0 Å². The zero-order valence-electron chi connectivity index (χ0n) is 14.4. The lowest BCUT2D eigenvalue weighted by Crippen LogP contribution is -2.27. The van der Waals surface area contributed by atoms with Crippen LogP contribution in [0.15, 0.2) is 36.4 Å². The second-order valence-corrected chi connectivity index (χ2v) is 6.99. The molecule has 1 heterocycles. The smallest absolute Gasteiger partial charge is 0.129 e. The van der Waals surface area contributed by atoms with Gasteiger partial charge < -0.3 is 19.7 Å². The highest BCUT2D eigenvalue weighted by Gasteiger charge is 2.42. The van der Waals surface area contributed by atoms with E-state index in [4.69, 9.17) is 9.47 Å². The summed E-state index contributed by atoms with van der Waals surface area (Å²) < 4.78 is 12.1. The van der Waals surface area contributed by atoms with Gasteiger partial charge in [-0.3, -0.25) is 0 Å². The number of hydrogen-bond acceptors (Lipinski definition) is 4. The Bertz CT molecular complexity index is 753. The van der Waals surface area contributed by atoms with Crippen LogP contribution in [0.4, 0.5) is 0 Å². The maximum Gasteiger partial charge on any atom is 0.129 e. The lowest BCUT2D eigenvalue weighted by molar-refractivity contribution is 0.0918.